The van der Waals surface area contributed by atoms with Gasteiger partial charge in [0.15, 0.2) is 0 Å². The zero-order chi connectivity index (χ0) is 17.4. The summed E-state index contributed by atoms with van der Waals surface area (Å²) in [5.74, 6) is 0. The summed E-state index contributed by atoms with van der Waals surface area (Å²) < 4.78 is 0. The predicted octanol–water partition coefficient (Wildman–Crippen LogP) is 5.32. The molecule has 0 bridgehead atoms. The van der Waals surface area contributed by atoms with Crippen molar-refractivity contribution in [2.24, 2.45) is 0 Å². The lowest BCUT2D eigenvalue weighted by Crippen LogP contribution is -2.17. The minimum absolute atomic E-state index is 0.116. The summed E-state index contributed by atoms with van der Waals surface area (Å²) >= 11 is 0. The first-order valence-electron chi connectivity index (χ1n) is 8.41. The molecule has 4 nitrogen and oxygen atoms in total. The molecule has 1 aliphatic rings. The van der Waals surface area contributed by atoms with Gasteiger partial charge in [0.05, 0.1) is 4.92 Å². The Kier molecular flexibility index (Phi) is 3.73. The fourth-order valence-corrected chi connectivity index (χ4v) is 3.64. The summed E-state index contributed by atoms with van der Waals surface area (Å²) in [6.07, 6.45) is 0.922. The Bertz CT molecular complexity index is 948. The summed E-state index contributed by atoms with van der Waals surface area (Å²) in [6.45, 7) is 2.90. The van der Waals surface area contributed by atoms with Crippen molar-refractivity contribution >= 4 is 17.1 Å². The molecule has 0 amide bonds. The van der Waals surface area contributed by atoms with Gasteiger partial charge >= 0.3 is 0 Å². The van der Waals surface area contributed by atoms with Crippen molar-refractivity contribution in [3.63, 3.8) is 0 Å². The van der Waals surface area contributed by atoms with Crippen molar-refractivity contribution in [1.29, 1.82) is 0 Å². The monoisotopic (exact) mass is 330 g/mol. The van der Waals surface area contributed by atoms with Gasteiger partial charge in [-0.05, 0) is 47.4 Å². The van der Waals surface area contributed by atoms with E-state index in [-0.39, 0.29) is 10.6 Å². The standard InChI is InChI=1S/C21H18N2O2/c1-2-22(16-10-12-17(13-11-16)23(24)25)21-9-5-8-19-18-7-4-3-6-15(18)14-20(19)21/h3-13H,2,14H2,1H3. The van der Waals surface area contributed by atoms with Crippen LogP contribution in [0.1, 0.15) is 18.1 Å². The van der Waals surface area contributed by atoms with Crippen molar-refractivity contribution in [2.75, 3.05) is 11.4 Å². The molecule has 0 spiro atoms. The van der Waals surface area contributed by atoms with E-state index < -0.39 is 0 Å². The molecule has 0 saturated carbocycles. The van der Waals surface area contributed by atoms with Gasteiger partial charge in [0, 0.05) is 36.5 Å². The Morgan fingerprint density at radius 3 is 2.40 bits per heavy atom. The third kappa shape index (κ3) is 2.56. The highest BCUT2D eigenvalue weighted by atomic mass is 16.6. The molecule has 3 aromatic carbocycles. The number of rotatable bonds is 4. The molecule has 0 unspecified atom stereocenters. The normalized spacial score (nSPS) is 11.7. The van der Waals surface area contributed by atoms with Crippen LogP contribution in [0.3, 0.4) is 0 Å². The van der Waals surface area contributed by atoms with E-state index in [1.54, 1.807) is 12.1 Å². The van der Waals surface area contributed by atoms with Crippen LogP contribution in [0.5, 0.6) is 0 Å². The highest BCUT2D eigenvalue weighted by Crippen LogP contribution is 2.42. The largest absolute Gasteiger partial charge is 0.342 e. The van der Waals surface area contributed by atoms with Gasteiger partial charge in [-0.25, -0.2) is 0 Å². The van der Waals surface area contributed by atoms with Gasteiger partial charge in [-0.3, -0.25) is 10.1 Å². The number of benzene rings is 3. The van der Waals surface area contributed by atoms with Gasteiger partial charge in [0.2, 0.25) is 0 Å². The minimum atomic E-state index is -0.364. The molecular weight excluding hydrogens is 312 g/mol. The lowest BCUT2D eigenvalue weighted by atomic mass is 10.0. The Balaban J connectivity index is 1.78. The Morgan fingerprint density at radius 1 is 0.960 bits per heavy atom. The van der Waals surface area contributed by atoms with Crippen molar-refractivity contribution < 1.29 is 4.92 Å². The van der Waals surface area contributed by atoms with E-state index in [1.807, 2.05) is 12.1 Å². The molecule has 25 heavy (non-hydrogen) atoms. The maximum Gasteiger partial charge on any atom is 0.269 e. The van der Waals surface area contributed by atoms with E-state index in [0.29, 0.717) is 0 Å². The number of hydrogen-bond acceptors (Lipinski definition) is 3. The molecule has 0 saturated heterocycles. The van der Waals surface area contributed by atoms with Crippen LogP contribution in [-0.2, 0) is 6.42 Å². The molecule has 0 aliphatic heterocycles. The Hall–Kier alpha value is -3.14. The zero-order valence-corrected chi connectivity index (χ0v) is 14.0. The van der Waals surface area contributed by atoms with Crippen LogP contribution in [0.4, 0.5) is 17.1 Å². The second-order valence-corrected chi connectivity index (χ2v) is 6.15. The molecule has 4 heteroatoms. The van der Waals surface area contributed by atoms with Crippen molar-refractivity contribution in [3.8, 4) is 11.1 Å². The molecule has 0 fully saturated rings. The van der Waals surface area contributed by atoms with Crippen LogP contribution in [0.2, 0.25) is 0 Å². The highest BCUT2D eigenvalue weighted by molar-refractivity contribution is 5.84. The van der Waals surface area contributed by atoms with Gasteiger partial charge in [-0.15, -0.1) is 0 Å². The zero-order valence-electron chi connectivity index (χ0n) is 14.0. The first kappa shape index (κ1) is 15.4. The highest BCUT2D eigenvalue weighted by Gasteiger charge is 2.23. The second kappa shape index (κ2) is 6.06. The number of nitrogens with zero attached hydrogens (tertiary/aromatic N) is 2. The van der Waals surface area contributed by atoms with Crippen molar-refractivity contribution in [3.05, 3.63) is 88.0 Å². The van der Waals surface area contributed by atoms with Gasteiger partial charge in [-0.2, -0.15) is 0 Å². The average Bonchev–Trinajstić information content (AvgIpc) is 3.02. The molecule has 1 aliphatic carbocycles. The molecule has 0 radical (unpaired) electrons. The summed E-state index contributed by atoms with van der Waals surface area (Å²) in [5.41, 5.74) is 7.52. The van der Waals surface area contributed by atoms with Gasteiger partial charge in [0.25, 0.3) is 5.69 Å². The smallest absolute Gasteiger partial charge is 0.269 e. The van der Waals surface area contributed by atoms with Gasteiger partial charge in [0.1, 0.15) is 0 Å². The fraction of sp³-hybridized carbons (Fsp3) is 0.143. The average molecular weight is 330 g/mol. The van der Waals surface area contributed by atoms with E-state index in [9.17, 15) is 10.1 Å². The number of fused-ring (bicyclic) bond motifs is 3. The molecule has 0 aromatic heterocycles. The second-order valence-electron chi connectivity index (χ2n) is 6.15. The van der Waals surface area contributed by atoms with Crippen LogP contribution < -0.4 is 4.90 Å². The molecular formula is C21H18N2O2. The first-order chi connectivity index (χ1) is 12.2. The number of nitro groups is 1. The number of nitro benzene ring substituents is 1. The van der Waals surface area contributed by atoms with E-state index in [2.05, 4.69) is 54.3 Å². The van der Waals surface area contributed by atoms with Crippen LogP contribution in [0.15, 0.2) is 66.7 Å². The number of anilines is 2. The third-order valence-electron chi connectivity index (χ3n) is 4.81. The summed E-state index contributed by atoms with van der Waals surface area (Å²) in [5, 5.41) is 10.9. The summed E-state index contributed by atoms with van der Waals surface area (Å²) in [6, 6.07) is 21.7. The Labute approximate surface area is 146 Å². The molecule has 0 heterocycles. The van der Waals surface area contributed by atoms with Crippen LogP contribution in [-0.4, -0.2) is 11.5 Å². The summed E-state index contributed by atoms with van der Waals surface area (Å²) in [7, 11) is 0. The topological polar surface area (TPSA) is 46.4 Å². The molecule has 0 N–H and O–H groups in total. The quantitative estimate of drug-likeness (QED) is 0.375. The van der Waals surface area contributed by atoms with Crippen LogP contribution in [0, 0.1) is 10.1 Å². The van der Waals surface area contributed by atoms with Crippen molar-refractivity contribution in [1.82, 2.24) is 0 Å². The SMILES string of the molecule is CCN(c1ccc([N+](=O)[O-])cc1)c1cccc2c1Cc1ccccc1-2. The van der Waals surface area contributed by atoms with E-state index in [1.165, 1.54) is 27.9 Å². The minimum Gasteiger partial charge on any atom is -0.342 e. The summed E-state index contributed by atoms with van der Waals surface area (Å²) in [4.78, 5) is 12.7. The van der Waals surface area contributed by atoms with Crippen LogP contribution in [0.25, 0.3) is 11.1 Å². The maximum absolute atomic E-state index is 10.9. The molecule has 0 atom stereocenters. The number of hydrogen-bond donors (Lipinski definition) is 0. The van der Waals surface area contributed by atoms with E-state index in [0.717, 1.165) is 18.7 Å². The van der Waals surface area contributed by atoms with Gasteiger partial charge in [-0.1, -0.05) is 36.4 Å². The predicted molar refractivity (Wildman–Crippen MR) is 100 cm³/mol. The van der Waals surface area contributed by atoms with Crippen LogP contribution >= 0.6 is 0 Å². The first-order valence-corrected chi connectivity index (χ1v) is 8.41. The van der Waals surface area contributed by atoms with E-state index >= 15 is 0 Å². The molecule has 3 aromatic rings. The molecule has 124 valence electrons. The molecule has 4 rings (SSSR count). The Morgan fingerprint density at radius 2 is 1.68 bits per heavy atom. The lowest BCUT2D eigenvalue weighted by Gasteiger charge is -2.26. The number of non-ortho nitro benzene ring substituents is 1. The fourth-order valence-electron chi connectivity index (χ4n) is 3.64. The lowest BCUT2D eigenvalue weighted by molar-refractivity contribution is -0.384. The van der Waals surface area contributed by atoms with E-state index in [4.69, 9.17) is 0 Å². The maximum atomic E-state index is 10.9. The third-order valence-corrected chi connectivity index (χ3v) is 4.81. The van der Waals surface area contributed by atoms with Gasteiger partial charge < -0.3 is 4.90 Å². The van der Waals surface area contributed by atoms with Crippen molar-refractivity contribution in [2.45, 2.75) is 13.3 Å².